The van der Waals surface area contributed by atoms with Crippen molar-refractivity contribution in [1.29, 1.82) is 5.26 Å². The molecule has 0 radical (unpaired) electrons. The van der Waals surface area contributed by atoms with Crippen LogP contribution in [0.15, 0.2) is 30.3 Å². The molecule has 0 bridgehead atoms. The normalized spacial score (nSPS) is 7.36. The fourth-order valence-corrected chi connectivity index (χ4v) is 0.534. The maximum atomic E-state index is 7.62. The minimum Gasteiger partial charge on any atom is -0.198 e. The predicted octanol–water partition coefficient (Wildman–Crippen LogP) is 2.92. The second-order valence-corrected chi connectivity index (χ2v) is 2.17. The van der Waals surface area contributed by atoms with E-state index in [-0.39, 0.29) is 0 Å². The van der Waals surface area contributed by atoms with Gasteiger partial charge in [0.2, 0.25) is 0 Å². The number of benzene rings is 1. The first-order valence-electron chi connectivity index (χ1n) is 3.69. The lowest BCUT2D eigenvalue weighted by Crippen LogP contribution is -1.62. The SMILES string of the molecule is CCC#N.Cc1ccccc1. The molecule has 1 aromatic rings. The summed E-state index contributed by atoms with van der Waals surface area (Å²) in [6, 6.07) is 12.2. The van der Waals surface area contributed by atoms with Crippen LogP contribution in [0.4, 0.5) is 0 Å². The molecule has 0 N–H and O–H groups in total. The highest BCUT2D eigenvalue weighted by Gasteiger charge is 1.72. The molecule has 0 aliphatic heterocycles. The third kappa shape index (κ3) is 6.60. The molecule has 0 aromatic heterocycles. The number of nitriles is 1. The lowest BCUT2D eigenvalue weighted by atomic mass is 10.2. The van der Waals surface area contributed by atoms with Crippen molar-refractivity contribution in [3.63, 3.8) is 0 Å². The van der Waals surface area contributed by atoms with Crippen LogP contribution in [0.25, 0.3) is 0 Å². The van der Waals surface area contributed by atoms with Gasteiger partial charge in [-0.2, -0.15) is 5.26 Å². The van der Waals surface area contributed by atoms with Crippen LogP contribution in [0.2, 0.25) is 0 Å². The van der Waals surface area contributed by atoms with Crippen molar-refractivity contribution < 1.29 is 0 Å². The lowest BCUT2D eigenvalue weighted by molar-refractivity contribution is 1.22. The van der Waals surface area contributed by atoms with Crippen LogP contribution >= 0.6 is 0 Å². The minimum atomic E-state index is 0.625. The van der Waals surface area contributed by atoms with Crippen LogP contribution in [0, 0.1) is 18.3 Å². The Balaban J connectivity index is 0.000000218. The minimum absolute atomic E-state index is 0.625. The van der Waals surface area contributed by atoms with E-state index in [9.17, 15) is 0 Å². The molecular formula is C10H13N. The first-order valence-corrected chi connectivity index (χ1v) is 3.69. The molecule has 0 saturated carbocycles. The van der Waals surface area contributed by atoms with Gasteiger partial charge in [0.25, 0.3) is 0 Å². The van der Waals surface area contributed by atoms with Crippen molar-refractivity contribution in [3.05, 3.63) is 35.9 Å². The Hall–Kier alpha value is -1.29. The molecule has 0 heterocycles. The van der Waals surface area contributed by atoms with E-state index in [1.165, 1.54) is 5.56 Å². The Bertz CT molecular complexity index is 208. The second kappa shape index (κ2) is 6.82. The molecule has 1 rings (SSSR count). The Morgan fingerprint density at radius 2 is 1.73 bits per heavy atom. The Kier molecular flexibility index (Phi) is 6.02. The number of hydrogen-bond acceptors (Lipinski definition) is 1. The van der Waals surface area contributed by atoms with Gasteiger partial charge in [-0.25, -0.2) is 0 Å². The van der Waals surface area contributed by atoms with E-state index in [0.29, 0.717) is 6.42 Å². The van der Waals surface area contributed by atoms with Crippen molar-refractivity contribution >= 4 is 0 Å². The summed E-state index contributed by atoms with van der Waals surface area (Å²) in [4.78, 5) is 0. The smallest absolute Gasteiger partial charge is 0.0618 e. The molecule has 0 unspecified atom stereocenters. The Morgan fingerprint density at radius 3 is 1.91 bits per heavy atom. The fourth-order valence-electron chi connectivity index (χ4n) is 0.534. The highest BCUT2D eigenvalue weighted by Crippen LogP contribution is 1.92. The summed E-state index contributed by atoms with van der Waals surface area (Å²) >= 11 is 0. The van der Waals surface area contributed by atoms with Gasteiger partial charge in [0.15, 0.2) is 0 Å². The van der Waals surface area contributed by atoms with Gasteiger partial charge in [0, 0.05) is 6.42 Å². The summed E-state index contributed by atoms with van der Waals surface area (Å²) in [5, 5.41) is 7.62. The quantitative estimate of drug-likeness (QED) is 0.553. The molecule has 11 heavy (non-hydrogen) atoms. The van der Waals surface area contributed by atoms with E-state index in [1.807, 2.05) is 31.2 Å². The van der Waals surface area contributed by atoms with E-state index in [2.05, 4.69) is 19.1 Å². The van der Waals surface area contributed by atoms with E-state index >= 15 is 0 Å². The molecule has 1 aromatic carbocycles. The summed E-state index contributed by atoms with van der Waals surface area (Å²) in [6.45, 7) is 3.90. The number of hydrogen-bond donors (Lipinski definition) is 0. The zero-order valence-electron chi connectivity index (χ0n) is 7.04. The van der Waals surface area contributed by atoms with Gasteiger partial charge in [-0.15, -0.1) is 0 Å². The second-order valence-electron chi connectivity index (χ2n) is 2.17. The van der Waals surface area contributed by atoms with Gasteiger partial charge in [-0.1, -0.05) is 42.8 Å². The van der Waals surface area contributed by atoms with Crippen LogP contribution in [0.3, 0.4) is 0 Å². The third-order valence-electron chi connectivity index (χ3n) is 1.10. The molecular weight excluding hydrogens is 134 g/mol. The van der Waals surface area contributed by atoms with Gasteiger partial charge in [-0.05, 0) is 6.92 Å². The standard InChI is InChI=1S/C7H8.C3H5N/c1-7-5-3-2-4-6-7;1-2-3-4/h2-6H,1H3;2H2,1H3. The van der Waals surface area contributed by atoms with Gasteiger partial charge < -0.3 is 0 Å². The van der Waals surface area contributed by atoms with Crippen molar-refractivity contribution in [3.8, 4) is 6.07 Å². The fraction of sp³-hybridized carbons (Fsp3) is 0.300. The average Bonchev–Trinajstić information content (AvgIpc) is 2.07. The first kappa shape index (κ1) is 9.71. The van der Waals surface area contributed by atoms with Crippen molar-refractivity contribution in [2.45, 2.75) is 20.3 Å². The zero-order chi connectivity index (χ0) is 8.53. The first-order chi connectivity index (χ1) is 5.31. The van der Waals surface area contributed by atoms with Crippen molar-refractivity contribution in [2.24, 2.45) is 0 Å². The molecule has 1 nitrogen and oxygen atoms in total. The summed E-state index contributed by atoms with van der Waals surface area (Å²) in [7, 11) is 0. The molecule has 58 valence electrons. The van der Waals surface area contributed by atoms with Gasteiger partial charge in [-0.3, -0.25) is 0 Å². The van der Waals surface area contributed by atoms with E-state index in [1.54, 1.807) is 0 Å². The van der Waals surface area contributed by atoms with Gasteiger partial charge in [0.05, 0.1) is 6.07 Å². The van der Waals surface area contributed by atoms with Crippen LogP contribution in [0.5, 0.6) is 0 Å². The highest BCUT2D eigenvalue weighted by molar-refractivity contribution is 5.11. The topological polar surface area (TPSA) is 23.8 Å². The molecule has 0 fully saturated rings. The van der Waals surface area contributed by atoms with E-state index in [4.69, 9.17) is 5.26 Å². The Morgan fingerprint density at radius 1 is 1.27 bits per heavy atom. The maximum absolute atomic E-state index is 7.62. The number of nitrogens with zero attached hydrogens (tertiary/aromatic N) is 1. The molecule has 0 spiro atoms. The van der Waals surface area contributed by atoms with Crippen molar-refractivity contribution in [1.82, 2.24) is 0 Å². The zero-order valence-corrected chi connectivity index (χ0v) is 7.04. The summed E-state index contributed by atoms with van der Waals surface area (Å²) in [5.41, 5.74) is 1.32. The van der Waals surface area contributed by atoms with E-state index < -0.39 is 0 Å². The van der Waals surface area contributed by atoms with Crippen LogP contribution in [-0.2, 0) is 0 Å². The molecule has 0 atom stereocenters. The largest absolute Gasteiger partial charge is 0.198 e. The van der Waals surface area contributed by atoms with Gasteiger partial charge >= 0.3 is 0 Å². The summed E-state index contributed by atoms with van der Waals surface area (Å²) in [5.74, 6) is 0. The molecule has 0 aliphatic carbocycles. The predicted molar refractivity (Wildman–Crippen MR) is 47.1 cm³/mol. The molecule has 0 amide bonds. The Labute approximate surface area is 68.3 Å². The van der Waals surface area contributed by atoms with Crippen molar-refractivity contribution in [2.75, 3.05) is 0 Å². The third-order valence-corrected chi connectivity index (χ3v) is 1.10. The average molecular weight is 147 g/mol. The number of aryl methyl sites for hydroxylation is 1. The highest BCUT2D eigenvalue weighted by atomic mass is 14.2. The van der Waals surface area contributed by atoms with E-state index in [0.717, 1.165) is 0 Å². The van der Waals surface area contributed by atoms with Crippen LogP contribution < -0.4 is 0 Å². The molecule has 0 saturated heterocycles. The van der Waals surface area contributed by atoms with Gasteiger partial charge in [0.1, 0.15) is 0 Å². The summed E-state index contributed by atoms with van der Waals surface area (Å²) < 4.78 is 0. The van der Waals surface area contributed by atoms with Crippen LogP contribution in [0.1, 0.15) is 18.9 Å². The lowest BCUT2D eigenvalue weighted by Gasteiger charge is -1.82. The summed E-state index contributed by atoms with van der Waals surface area (Å²) in [6.07, 6.45) is 0.625. The molecule has 0 aliphatic rings. The maximum Gasteiger partial charge on any atom is 0.0618 e. The molecule has 1 heteroatoms. The monoisotopic (exact) mass is 147 g/mol. The number of rotatable bonds is 0. The van der Waals surface area contributed by atoms with Crippen LogP contribution in [-0.4, -0.2) is 0 Å².